The van der Waals surface area contributed by atoms with Crippen LogP contribution in [0.2, 0.25) is 0 Å². The molecule has 25 heavy (non-hydrogen) atoms. The third kappa shape index (κ3) is 13.3. The van der Waals surface area contributed by atoms with Crippen molar-refractivity contribution in [2.75, 3.05) is 0 Å². The van der Waals surface area contributed by atoms with Gasteiger partial charge in [0.15, 0.2) is 0 Å². The minimum absolute atomic E-state index is 0. The number of carboxylic acids is 2. The van der Waals surface area contributed by atoms with Gasteiger partial charge in [-0.2, -0.15) is 0 Å². The molecular weight excluding hydrogens is 442 g/mol. The van der Waals surface area contributed by atoms with Gasteiger partial charge in [0.2, 0.25) is 0 Å². The summed E-state index contributed by atoms with van der Waals surface area (Å²) in [7, 11) is 0. The van der Waals surface area contributed by atoms with E-state index in [0.717, 1.165) is 25.7 Å². The van der Waals surface area contributed by atoms with Crippen molar-refractivity contribution < 1.29 is 19.8 Å². The standard InChI is InChI=1S/2C10H20O2.Ba/c2*1-5-10(4,9(11)12)7-6-8(2)3;/h2*8H,5-7H2,1-4H3,(H,11,12);/q;;+2/p-2. The predicted molar refractivity (Wildman–Crippen MR) is 101 cm³/mol. The second kappa shape index (κ2) is 14.6. The summed E-state index contributed by atoms with van der Waals surface area (Å²) in [5, 5.41) is 21.5. The fourth-order valence-electron chi connectivity index (χ4n) is 2.06. The van der Waals surface area contributed by atoms with Crippen molar-refractivity contribution in [3.05, 3.63) is 0 Å². The van der Waals surface area contributed by atoms with Crippen molar-refractivity contribution in [3.8, 4) is 0 Å². The van der Waals surface area contributed by atoms with Gasteiger partial charge in [-0.15, -0.1) is 0 Å². The van der Waals surface area contributed by atoms with Crippen LogP contribution in [0, 0.1) is 22.7 Å². The molecule has 4 nitrogen and oxygen atoms in total. The van der Waals surface area contributed by atoms with E-state index in [0.29, 0.717) is 24.7 Å². The Morgan fingerprint density at radius 1 is 0.760 bits per heavy atom. The Morgan fingerprint density at radius 3 is 1.12 bits per heavy atom. The van der Waals surface area contributed by atoms with Crippen LogP contribution in [0.15, 0.2) is 0 Å². The summed E-state index contributed by atoms with van der Waals surface area (Å²) in [4.78, 5) is 21.5. The van der Waals surface area contributed by atoms with Crippen LogP contribution < -0.4 is 10.2 Å². The fourth-order valence-corrected chi connectivity index (χ4v) is 2.06. The first-order valence-electron chi connectivity index (χ1n) is 9.27. The van der Waals surface area contributed by atoms with Crippen molar-refractivity contribution in [1.82, 2.24) is 0 Å². The quantitative estimate of drug-likeness (QED) is 0.451. The van der Waals surface area contributed by atoms with Crippen molar-refractivity contribution in [2.24, 2.45) is 22.7 Å². The Hall–Kier alpha value is 0.511. The molecule has 0 spiro atoms. The molecule has 0 radical (unpaired) electrons. The average molecular weight is 480 g/mol. The van der Waals surface area contributed by atoms with Crippen LogP contribution in [-0.2, 0) is 9.59 Å². The number of carbonyl (C=O) groups excluding carboxylic acids is 2. The number of hydrogen-bond donors (Lipinski definition) is 0. The van der Waals surface area contributed by atoms with E-state index in [1.807, 2.05) is 13.8 Å². The number of hydrogen-bond acceptors (Lipinski definition) is 4. The molecule has 0 heterocycles. The smallest absolute Gasteiger partial charge is 0.550 e. The van der Waals surface area contributed by atoms with Crippen LogP contribution in [0.3, 0.4) is 0 Å². The Kier molecular flexibility index (Phi) is 17.6. The minimum Gasteiger partial charge on any atom is -0.550 e. The molecule has 0 rings (SSSR count). The maximum atomic E-state index is 10.8. The molecule has 0 aliphatic carbocycles. The molecule has 0 aromatic carbocycles. The van der Waals surface area contributed by atoms with E-state index < -0.39 is 22.8 Å². The fraction of sp³-hybridized carbons (Fsp3) is 0.900. The monoisotopic (exact) mass is 480 g/mol. The molecular formula is C20H38BaO4. The van der Waals surface area contributed by atoms with E-state index in [4.69, 9.17) is 0 Å². The van der Waals surface area contributed by atoms with E-state index in [1.165, 1.54) is 0 Å². The van der Waals surface area contributed by atoms with Gasteiger partial charge in [-0.1, -0.05) is 68.2 Å². The van der Waals surface area contributed by atoms with E-state index in [9.17, 15) is 19.8 Å². The third-order valence-corrected chi connectivity index (χ3v) is 5.09. The summed E-state index contributed by atoms with van der Waals surface area (Å²) in [5.74, 6) is -0.693. The van der Waals surface area contributed by atoms with Crippen LogP contribution in [0.4, 0.5) is 0 Å². The van der Waals surface area contributed by atoms with Crippen LogP contribution >= 0.6 is 0 Å². The second-order valence-electron chi connectivity index (χ2n) is 8.27. The van der Waals surface area contributed by atoms with Crippen LogP contribution in [-0.4, -0.2) is 60.8 Å². The summed E-state index contributed by atoms with van der Waals surface area (Å²) in [6.07, 6.45) is 4.67. The van der Waals surface area contributed by atoms with Gasteiger partial charge < -0.3 is 19.8 Å². The SMILES string of the molecule is CCC(C)(CCC(C)C)C(=O)[O-].CCC(C)(CCC(C)C)C(=O)[O-].[Ba+2]. The Bertz CT molecular complexity index is 346. The Labute approximate surface area is 195 Å². The van der Waals surface area contributed by atoms with Crippen LogP contribution in [0.5, 0.6) is 0 Å². The van der Waals surface area contributed by atoms with E-state index in [-0.39, 0.29) is 48.9 Å². The molecule has 0 N–H and O–H groups in total. The van der Waals surface area contributed by atoms with E-state index >= 15 is 0 Å². The predicted octanol–water partition coefficient (Wildman–Crippen LogP) is 2.80. The first kappa shape index (κ1) is 30.2. The Morgan fingerprint density at radius 2 is 1.00 bits per heavy atom. The van der Waals surface area contributed by atoms with Gasteiger partial charge >= 0.3 is 48.9 Å². The van der Waals surface area contributed by atoms with Gasteiger partial charge in [-0.3, -0.25) is 0 Å². The van der Waals surface area contributed by atoms with Gasteiger partial charge in [0.1, 0.15) is 0 Å². The zero-order chi connectivity index (χ0) is 19.6. The minimum atomic E-state index is -0.911. The van der Waals surface area contributed by atoms with E-state index in [2.05, 4.69) is 27.7 Å². The van der Waals surface area contributed by atoms with Crippen molar-refractivity contribution in [1.29, 1.82) is 0 Å². The number of carboxylic acid groups (broad SMARTS) is 2. The van der Waals surface area contributed by atoms with Gasteiger partial charge in [-0.05, 0) is 37.5 Å². The second-order valence-corrected chi connectivity index (χ2v) is 8.27. The molecule has 0 amide bonds. The number of aliphatic carboxylic acids is 2. The Balaban J connectivity index is -0.000000372. The molecule has 2 atom stereocenters. The number of carbonyl (C=O) groups is 2. The molecule has 0 saturated carbocycles. The molecule has 0 saturated heterocycles. The molecule has 0 bridgehead atoms. The maximum Gasteiger partial charge on any atom is 2.00 e. The molecule has 0 aliphatic heterocycles. The molecule has 0 fully saturated rings. The zero-order valence-electron chi connectivity index (χ0n) is 17.7. The van der Waals surface area contributed by atoms with Gasteiger partial charge in [0, 0.05) is 22.8 Å². The first-order valence-corrected chi connectivity index (χ1v) is 9.27. The molecule has 0 aliphatic rings. The van der Waals surface area contributed by atoms with Crippen molar-refractivity contribution in [3.63, 3.8) is 0 Å². The summed E-state index contributed by atoms with van der Waals surface area (Å²) in [6.45, 7) is 15.7. The van der Waals surface area contributed by atoms with E-state index in [1.54, 1.807) is 13.8 Å². The molecule has 0 aromatic heterocycles. The van der Waals surface area contributed by atoms with Crippen LogP contribution in [0.1, 0.15) is 93.9 Å². The van der Waals surface area contributed by atoms with Crippen molar-refractivity contribution in [2.45, 2.75) is 93.9 Å². The van der Waals surface area contributed by atoms with Gasteiger partial charge in [0.25, 0.3) is 0 Å². The normalized spacial score (nSPS) is 15.4. The molecule has 5 heteroatoms. The maximum absolute atomic E-state index is 10.8. The molecule has 144 valence electrons. The van der Waals surface area contributed by atoms with Crippen LogP contribution in [0.25, 0.3) is 0 Å². The summed E-state index contributed by atoms with van der Waals surface area (Å²) >= 11 is 0. The first-order chi connectivity index (χ1) is 10.8. The summed E-state index contributed by atoms with van der Waals surface area (Å²) in [6, 6.07) is 0. The largest absolute Gasteiger partial charge is 2.00 e. The van der Waals surface area contributed by atoms with Gasteiger partial charge in [-0.25, -0.2) is 0 Å². The van der Waals surface area contributed by atoms with Gasteiger partial charge in [0.05, 0.1) is 0 Å². The summed E-state index contributed by atoms with van der Waals surface area (Å²) in [5.41, 5.74) is -1.24. The average Bonchev–Trinajstić information content (AvgIpc) is 2.50. The molecule has 2 unspecified atom stereocenters. The van der Waals surface area contributed by atoms with Crippen molar-refractivity contribution >= 4 is 60.8 Å². The topological polar surface area (TPSA) is 80.3 Å². The molecule has 0 aromatic rings. The third-order valence-electron chi connectivity index (χ3n) is 5.09. The zero-order valence-corrected chi connectivity index (χ0v) is 22.2. The summed E-state index contributed by atoms with van der Waals surface area (Å²) < 4.78 is 0. The number of rotatable bonds is 10.